The SMILES string of the molecule is Cc1nc2nc(N)nn2c(C)c1CCC(=O)O[C@@H](C)C(=O)NC1CCCC1. The maximum Gasteiger partial charge on any atom is 0.306 e. The maximum absolute atomic E-state index is 12.2. The predicted molar refractivity (Wildman–Crippen MR) is 98.9 cm³/mol. The topological polar surface area (TPSA) is 124 Å². The summed E-state index contributed by atoms with van der Waals surface area (Å²) >= 11 is 0. The van der Waals surface area contributed by atoms with Gasteiger partial charge in [0.05, 0.1) is 0 Å². The highest BCUT2D eigenvalue weighted by molar-refractivity contribution is 5.83. The van der Waals surface area contributed by atoms with Gasteiger partial charge in [0.15, 0.2) is 6.10 Å². The van der Waals surface area contributed by atoms with Crippen LogP contribution in [0.25, 0.3) is 5.78 Å². The zero-order valence-electron chi connectivity index (χ0n) is 16.0. The summed E-state index contributed by atoms with van der Waals surface area (Å²) in [5.41, 5.74) is 8.13. The van der Waals surface area contributed by atoms with Gasteiger partial charge in [0.1, 0.15) is 0 Å². The van der Waals surface area contributed by atoms with Gasteiger partial charge in [-0.2, -0.15) is 9.50 Å². The van der Waals surface area contributed by atoms with Crippen LogP contribution in [0.15, 0.2) is 0 Å². The average molecular weight is 374 g/mol. The summed E-state index contributed by atoms with van der Waals surface area (Å²) < 4.78 is 6.86. The van der Waals surface area contributed by atoms with Gasteiger partial charge in [-0.15, -0.1) is 5.10 Å². The molecule has 1 fully saturated rings. The number of carbonyl (C=O) groups excluding carboxylic acids is 2. The first-order valence-electron chi connectivity index (χ1n) is 9.33. The molecule has 2 aromatic heterocycles. The number of amides is 1. The van der Waals surface area contributed by atoms with E-state index in [0.717, 1.165) is 42.6 Å². The highest BCUT2D eigenvalue weighted by atomic mass is 16.5. The number of aromatic nitrogens is 4. The summed E-state index contributed by atoms with van der Waals surface area (Å²) in [5.74, 6) is -0.0560. The molecule has 0 aromatic carbocycles. The largest absolute Gasteiger partial charge is 0.453 e. The molecule has 1 aliphatic rings. The lowest BCUT2D eigenvalue weighted by Gasteiger charge is -2.17. The Balaban J connectivity index is 1.57. The van der Waals surface area contributed by atoms with Crippen LogP contribution in [-0.2, 0) is 20.7 Å². The number of hydrogen-bond acceptors (Lipinski definition) is 7. The van der Waals surface area contributed by atoms with Crippen LogP contribution in [-0.4, -0.2) is 43.6 Å². The number of nitrogens with one attached hydrogen (secondary N) is 1. The van der Waals surface area contributed by atoms with Crippen LogP contribution in [0, 0.1) is 13.8 Å². The molecule has 0 bridgehead atoms. The van der Waals surface area contributed by atoms with Crippen LogP contribution >= 0.6 is 0 Å². The van der Waals surface area contributed by atoms with E-state index in [1.165, 1.54) is 0 Å². The smallest absolute Gasteiger partial charge is 0.306 e. The molecule has 9 nitrogen and oxygen atoms in total. The highest BCUT2D eigenvalue weighted by Gasteiger charge is 2.23. The minimum atomic E-state index is -0.795. The van der Waals surface area contributed by atoms with Crippen LogP contribution in [0.4, 0.5) is 5.95 Å². The van der Waals surface area contributed by atoms with Crippen molar-refractivity contribution < 1.29 is 14.3 Å². The third-order valence-electron chi connectivity index (χ3n) is 5.02. The Morgan fingerprint density at radius 1 is 1.30 bits per heavy atom. The fourth-order valence-electron chi connectivity index (χ4n) is 3.51. The second-order valence-corrected chi connectivity index (χ2v) is 7.07. The zero-order valence-corrected chi connectivity index (χ0v) is 16.0. The van der Waals surface area contributed by atoms with Crippen molar-refractivity contribution in [1.29, 1.82) is 0 Å². The molecule has 0 radical (unpaired) electrons. The predicted octanol–water partition coefficient (Wildman–Crippen LogP) is 1.25. The molecule has 146 valence electrons. The molecule has 1 aliphatic carbocycles. The van der Waals surface area contributed by atoms with E-state index in [1.807, 2.05) is 13.8 Å². The van der Waals surface area contributed by atoms with E-state index in [2.05, 4.69) is 20.4 Å². The standard InChI is InChI=1S/C18H26N6O3/c1-10-14(11(2)24-18(20-10)22-17(19)23-24)8-9-15(25)27-12(3)16(26)21-13-6-4-5-7-13/h12-13H,4-9H2,1-3H3,(H2,19,23)(H,21,26)/t12-/m0/s1. The molecular formula is C18H26N6O3. The van der Waals surface area contributed by atoms with Crippen molar-refractivity contribution >= 4 is 23.6 Å². The number of anilines is 1. The molecule has 1 saturated carbocycles. The van der Waals surface area contributed by atoms with Crippen molar-refractivity contribution in [2.75, 3.05) is 5.73 Å². The summed E-state index contributed by atoms with van der Waals surface area (Å²) in [5, 5.41) is 7.06. The third kappa shape index (κ3) is 4.35. The maximum atomic E-state index is 12.2. The van der Waals surface area contributed by atoms with Gasteiger partial charge in [-0.25, -0.2) is 4.98 Å². The van der Waals surface area contributed by atoms with E-state index in [-0.39, 0.29) is 24.3 Å². The number of fused-ring (bicyclic) bond motifs is 1. The third-order valence-corrected chi connectivity index (χ3v) is 5.02. The summed E-state index contributed by atoms with van der Waals surface area (Å²) in [7, 11) is 0. The first-order chi connectivity index (χ1) is 12.8. The van der Waals surface area contributed by atoms with Crippen molar-refractivity contribution in [3.63, 3.8) is 0 Å². The van der Waals surface area contributed by atoms with Crippen LogP contribution in [0.2, 0.25) is 0 Å². The number of rotatable bonds is 6. The Morgan fingerprint density at radius 2 is 2.00 bits per heavy atom. The zero-order chi connectivity index (χ0) is 19.6. The molecule has 27 heavy (non-hydrogen) atoms. The van der Waals surface area contributed by atoms with Crippen molar-refractivity contribution in [3.8, 4) is 0 Å². The molecule has 0 spiro atoms. The second-order valence-electron chi connectivity index (χ2n) is 7.07. The summed E-state index contributed by atoms with van der Waals surface area (Å²) in [6.07, 6.45) is 4.05. The number of ether oxygens (including phenoxy) is 1. The second kappa shape index (κ2) is 7.89. The molecule has 3 N–H and O–H groups in total. The van der Waals surface area contributed by atoms with Crippen LogP contribution in [0.5, 0.6) is 0 Å². The van der Waals surface area contributed by atoms with Crippen molar-refractivity contribution in [3.05, 3.63) is 17.0 Å². The van der Waals surface area contributed by atoms with Gasteiger partial charge in [0.2, 0.25) is 5.95 Å². The fraction of sp³-hybridized carbons (Fsp3) is 0.611. The van der Waals surface area contributed by atoms with Crippen molar-refractivity contribution in [2.45, 2.75) is 71.4 Å². The van der Waals surface area contributed by atoms with Crippen molar-refractivity contribution in [1.82, 2.24) is 24.9 Å². The van der Waals surface area contributed by atoms with Gasteiger partial charge in [-0.1, -0.05) is 12.8 Å². The Morgan fingerprint density at radius 3 is 2.70 bits per heavy atom. The first-order valence-corrected chi connectivity index (χ1v) is 9.33. The summed E-state index contributed by atoms with van der Waals surface area (Å²) in [6.45, 7) is 5.34. The molecule has 2 heterocycles. The quantitative estimate of drug-likeness (QED) is 0.729. The van der Waals surface area contributed by atoms with Gasteiger partial charge in [-0.05, 0) is 45.6 Å². The van der Waals surface area contributed by atoms with E-state index < -0.39 is 12.1 Å². The van der Waals surface area contributed by atoms with Gasteiger partial charge in [-0.3, -0.25) is 9.59 Å². The lowest BCUT2D eigenvalue weighted by Crippen LogP contribution is -2.40. The summed E-state index contributed by atoms with van der Waals surface area (Å²) in [6, 6.07) is 0.205. The molecule has 9 heteroatoms. The Hall–Kier alpha value is -2.71. The van der Waals surface area contributed by atoms with E-state index in [0.29, 0.717) is 12.2 Å². The average Bonchev–Trinajstić information content (AvgIpc) is 3.23. The minimum absolute atomic E-state index is 0.153. The molecule has 0 unspecified atom stereocenters. The number of nitrogen functional groups attached to an aromatic ring is 1. The molecule has 3 rings (SSSR count). The van der Waals surface area contributed by atoms with Crippen LogP contribution in [0.1, 0.15) is 56.0 Å². The molecule has 1 amide bonds. The minimum Gasteiger partial charge on any atom is -0.453 e. The van der Waals surface area contributed by atoms with E-state index in [1.54, 1.807) is 11.4 Å². The van der Waals surface area contributed by atoms with E-state index >= 15 is 0 Å². The Kier molecular flexibility index (Phi) is 5.57. The number of carbonyl (C=O) groups is 2. The lowest BCUT2D eigenvalue weighted by molar-refractivity contribution is -0.155. The monoisotopic (exact) mass is 374 g/mol. The summed E-state index contributed by atoms with van der Waals surface area (Å²) in [4.78, 5) is 32.7. The van der Waals surface area contributed by atoms with Crippen LogP contribution in [0.3, 0.4) is 0 Å². The number of nitrogens with zero attached hydrogens (tertiary/aromatic N) is 4. The molecule has 1 atom stereocenters. The molecule has 2 aromatic rings. The highest BCUT2D eigenvalue weighted by Crippen LogP contribution is 2.18. The molecule has 0 saturated heterocycles. The van der Waals surface area contributed by atoms with E-state index in [4.69, 9.17) is 10.5 Å². The molecular weight excluding hydrogens is 348 g/mol. The fourth-order valence-corrected chi connectivity index (χ4v) is 3.51. The van der Waals surface area contributed by atoms with E-state index in [9.17, 15) is 9.59 Å². The lowest BCUT2D eigenvalue weighted by atomic mass is 10.1. The number of aryl methyl sites for hydroxylation is 2. The number of esters is 1. The van der Waals surface area contributed by atoms with Crippen molar-refractivity contribution in [2.24, 2.45) is 0 Å². The Labute approximate surface area is 157 Å². The number of nitrogens with two attached hydrogens (primary N) is 1. The van der Waals surface area contributed by atoms with Crippen LogP contribution < -0.4 is 11.1 Å². The van der Waals surface area contributed by atoms with Gasteiger partial charge in [0.25, 0.3) is 11.7 Å². The number of hydrogen-bond donors (Lipinski definition) is 2. The normalized spacial score (nSPS) is 15.8. The first kappa shape index (κ1) is 19.1. The Bertz CT molecular complexity index is 856. The molecule has 0 aliphatic heterocycles. The van der Waals surface area contributed by atoms with Gasteiger partial charge < -0.3 is 15.8 Å². The van der Waals surface area contributed by atoms with Gasteiger partial charge >= 0.3 is 5.97 Å². The van der Waals surface area contributed by atoms with Gasteiger partial charge in [0, 0.05) is 23.9 Å².